The van der Waals surface area contributed by atoms with Gasteiger partial charge in [-0.15, -0.1) is 0 Å². The average molecular weight is 366 g/mol. The predicted molar refractivity (Wildman–Crippen MR) is 88.6 cm³/mol. The van der Waals surface area contributed by atoms with E-state index in [-0.39, 0.29) is 5.02 Å². The number of halogens is 3. The summed E-state index contributed by atoms with van der Waals surface area (Å²) in [6.07, 6.45) is 0. The summed E-state index contributed by atoms with van der Waals surface area (Å²) in [7, 11) is 1.58. The molecular weight excluding hydrogens is 355 g/mol. The summed E-state index contributed by atoms with van der Waals surface area (Å²) < 4.78 is 20.6. The van der Waals surface area contributed by atoms with E-state index in [4.69, 9.17) is 16.3 Å². The van der Waals surface area contributed by atoms with Crippen LogP contribution in [-0.2, 0) is 0 Å². The van der Waals surface area contributed by atoms with Crippen molar-refractivity contribution in [1.82, 2.24) is 0 Å². The lowest BCUT2D eigenvalue weighted by Gasteiger charge is -2.14. The first kappa shape index (κ1) is 14.4. The lowest BCUT2D eigenvalue weighted by atomic mass is 9.99. The van der Waals surface area contributed by atoms with Crippen LogP contribution in [0.5, 0.6) is 5.75 Å². The number of hydrogen-bond acceptors (Lipinski definition) is 1. The van der Waals surface area contributed by atoms with E-state index in [1.807, 2.05) is 36.4 Å². The van der Waals surface area contributed by atoms with Crippen molar-refractivity contribution in [3.8, 4) is 16.9 Å². The van der Waals surface area contributed by atoms with Crippen LogP contribution in [0, 0.1) is 5.82 Å². The Bertz CT molecular complexity index is 832. The van der Waals surface area contributed by atoms with Gasteiger partial charge in [0.2, 0.25) is 0 Å². The van der Waals surface area contributed by atoms with Gasteiger partial charge < -0.3 is 4.74 Å². The summed E-state index contributed by atoms with van der Waals surface area (Å²) in [5.41, 5.74) is 1.08. The molecule has 0 unspecified atom stereocenters. The Morgan fingerprint density at radius 2 is 1.81 bits per heavy atom. The zero-order chi connectivity index (χ0) is 15.0. The van der Waals surface area contributed by atoms with Crippen molar-refractivity contribution in [2.45, 2.75) is 0 Å². The summed E-state index contributed by atoms with van der Waals surface area (Å²) in [6, 6.07) is 14.9. The smallest absolute Gasteiger partial charge is 0.150 e. The molecule has 0 spiro atoms. The van der Waals surface area contributed by atoms with Crippen LogP contribution < -0.4 is 4.74 Å². The predicted octanol–water partition coefficient (Wildman–Crippen LogP) is 6.07. The van der Waals surface area contributed by atoms with Gasteiger partial charge >= 0.3 is 0 Å². The molecule has 0 aliphatic rings. The molecule has 0 saturated carbocycles. The Balaban J connectivity index is 2.38. The molecule has 0 saturated heterocycles. The maximum Gasteiger partial charge on any atom is 0.150 e. The van der Waals surface area contributed by atoms with Crippen molar-refractivity contribution in [3.63, 3.8) is 0 Å². The Labute approximate surface area is 135 Å². The number of fused-ring (bicyclic) bond motifs is 1. The molecule has 4 heteroatoms. The van der Waals surface area contributed by atoms with Crippen molar-refractivity contribution in [2.75, 3.05) is 7.11 Å². The van der Waals surface area contributed by atoms with E-state index in [0.717, 1.165) is 10.8 Å². The van der Waals surface area contributed by atoms with Crippen molar-refractivity contribution >= 4 is 38.3 Å². The molecule has 0 amide bonds. The van der Waals surface area contributed by atoms with Crippen LogP contribution in [0.3, 0.4) is 0 Å². The standard InChI is InChI=1S/C17H11BrClFO/c1-21-17-11-5-3-2-4-10(11)6-7-12(17)15-13(18)8-9-14(19)16(15)20/h2-9H,1H3. The molecule has 0 aromatic heterocycles. The van der Waals surface area contributed by atoms with Gasteiger partial charge in [0.25, 0.3) is 0 Å². The third-order valence-electron chi connectivity index (χ3n) is 3.40. The molecule has 0 heterocycles. The summed E-state index contributed by atoms with van der Waals surface area (Å²) in [5.74, 6) is 0.176. The van der Waals surface area contributed by atoms with Crippen LogP contribution in [0.15, 0.2) is 53.0 Å². The molecule has 0 bridgehead atoms. The van der Waals surface area contributed by atoms with E-state index >= 15 is 0 Å². The Morgan fingerprint density at radius 3 is 2.57 bits per heavy atom. The number of hydrogen-bond donors (Lipinski definition) is 0. The number of benzene rings is 3. The van der Waals surface area contributed by atoms with Crippen LogP contribution in [-0.4, -0.2) is 7.11 Å². The quantitative estimate of drug-likeness (QED) is 0.501. The van der Waals surface area contributed by atoms with E-state index in [2.05, 4.69) is 15.9 Å². The lowest BCUT2D eigenvalue weighted by molar-refractivity contribution is 0.421. The largest absolute Gasteiger partial charge is 0.495 e. The highest BCUT2D eigenvalue weighted by Gasteiger charge is 2.18. The molecule has 0 aliphatic heterocycles. The molecule has 0 N–H and O–H groups in total. The highest BCUT2D eigenvalue weighted by Crippen LogP contribution is 2.42. The van der Waals surface area contributed by atoms with Crippen molar-refractivity contribution < 1.29 is 9.13 Å². The Hall–Kier alpha value is -1.58. The van der Waals surface area contributed by atoms with Gasteiger partial charge in [-0.2, -0.15) is 0 Å². The molecule has 0 fully saturated rings. The van der Waals surface area contributed by atoms with Crippen LogP contribution >= 0.6 is 27.5 Å². The molecule has 3 aromatic rings. The van der Waals surface area contributed by atoms with E-state index in [9.17, 15) is 4.39 Å². The van der Waals surface area contributed by atoms with Gasteiger partial charge in [0.05, 0.1) is 12.1 Å². The van der Waals surface area contributed by atoms with Gasteiger partial charge in [0.1, 0.15) is 5.75 Å². The molecule has 1 nitrogen and oxygen atoms in total. The summed E-state index contributed by atoms with van der Waals surface area (Å²) >= 11 is 9.30. The topological polar surface area (TPSA) is 9.23 Å². The maximum absolute atomic E-state index is 14.4. The number of rotatable bonds is 2. The molecule has 21 heavy (non-hydrogen) atoms. The molecular formula is C17H11BrClFO. The van der Waals surface area contributed by atoms with Gasteiger partial charge in [-0.3, -0.25) is 0 Å². The molecule has 3 aromatic carbocycles. The van der Waals surface area contributed by atoms with Gasteiger partial charge in [-0.25, -0.2) is 4.39 Å². The third-order valence-corrected chi connectivity index (χ3v) is 4.35. The highest BCUT2D eigenvalue weighted by molar-refractivity contribution is 9.10. The second-order valence-electron chi connectivity index (χ2n) is 4.59. The first-order valence-electron chi connectivity index (χ1n) is 6.33. The van der Waals surface area contributed by atoms with Gasteiger partial charge in [0.15, 0.2) is 5.82 Å². The fourth-order valence-electron chi connectivity index (χ4n) is 2.43. The minimum absolute atomic E-state index is 0.0865. The summed E-state index contributed by atoms with van der Waals surface area (Å²) in [6.45, 7) is 0. The zero-order valence-corrected chi connectivity index (χ0v) is 13.5. The van der Waals surface area contributed by atoms with E-state index in [1.165, 1.54) is 6.07 Å². The first-order chi connectivity index (χ1) is 10.1. The molecule has 0 radical (unpaired) electrons. The fraction of sp³-hybridized carbons (Fsp3) is 0.0588. The van der Waals surface area contributed by atoms with Gasteiger partial charge in [-0.1, -0.05) is 57.9 Å². The molecule has 0 aliphatic carbocycles. The van der Waals surface area contributed by atoms with Crippen LogP contribution in [0.4, 0.5) is 4.39 Å². The fourth-order valence-corrected chi connectivity index (χ4v) is 3.11. The first-order valence-corrected chi connectivity index (χ1v) is 7.50. The van der Waals surface area contributed by atoms with Gasteiger partial charge in [0, 0.05) is 21.0 Å². The van der Waals surface area contributed by atoms with Crippen molar-refractivity contribution in [3.05, 3.63) is 63.8 Å². The maximum atomic E-state index is 14.4. The molecule has 3 rings (SSSR count). The monoisotopic (exact) mass is 364 g/mol. The average Bonchev–Trinajstić information content (AvgIpc) is 2.51. The number of methoxy groups -OCH3 is 1. The molecule has 106 valence electrons. The lowest BCUT2D eigenvalue weighted by Crippen LogP contribution is -1.94. The highest BCUT2D eigenvalue weighted by atomic mass is 79.9. The second kappa shape index (κ2) is 5.66. The van der Waals surface area contributed by atoms with E-state index in [0.29, 0.717) is 21.3 Å². The van der Waals surface area contributed by atoms with Crippen molar-refractivity contribution in [2.24, 2.45) is 0 Å². The van der Waals surface area contributed by atoms with Crippen LogP contribution in [0.25, 0.3) is 21.9 Å². The van der Waals surface area contributed by atoms with Crippen molar-refractivity contribution in [1.29, 1.82) is 0 Å². The van der Waals surface area contributed by atoms with E-state index in [1.54, 1.807) is 13.2 Å². The summed E-state index contributed by atoms with van der Waals surface area (Å²) in [4.78, 5) is 0. The third kappa shape index (κ3) is 2.41. The SMILES string of the molecule is COc1c(-c2c(Br)ccc(Cl)c2F)ccc2ccccc12. The second-order valence-corrected chi connectivity index (χ2v) is 5.85. The minimum Gasteiger partial charge on any atom is -0.495 e. The van der Waals surface area contributed by atoms with Gasteiger partial charge in [-0.05, 0) is 23.6 Å². The van der Waals surface area contributed by atoms with Crippen LogP contribution in [0.2, 0.25) is 5.02 Å². The van der Waals surface area contributed by atoms with Crippen LogP contribution in [0.1, 0.15) is 0 Å². The Kier molecular flexibility index (Phi) is 3.87. The zero-order valence-electron chi connectivity index (χ0n) is 11.2. The summed E-state index contributed by atoms with van der Waals surface area (Å²) in [5, 5.41) is 2.06. The molecule has 0 atom stereocenters. The normalized spacial score (nSPS) is 10.9. The van der Waals surface area contributed by atoms with E-state index < -0.39 is 5.82 Å². The Morgan fingerprint density at radius 1 is 1.05 bits per heavy atom. The minimum atomic E-state index is -0.459. The number of ether oxygens (including phenoxy) is 1.